The molecule has 0 N–H and O–H groups in total. The second-order valence-corrected chi connectivity index (χ2v) is 9.92. The third kappa shape index (κ3) is 7.01. The van der Waals surface area contributed by atoms with Crippen LogP contribution in [0, 0.1) is 11.7 Å². The monoisotopic (exact) mass is 492 g/mol. The highest BCUT2D eigenvalue weighted by Crippen LogP contribution is 2.34. The van der Waals surface area contributed by atoms with Crippen molar-refractivity contribution in [3.63, 3.8) is 0 Å². The van der Waals surface area contributed by atoms with Crippen molar-refractivity contribution in [3.05, 3.63) is 72.8 Å². The zero-order chi connectivity index (χ0) is 25.5. The molecule has 1 aliphatic heterocycles. The van der Waals surface area contributed by atoms with Gasteiger partial charge < -0.3 is 14.4 Å². The van der Waals surface area contributed by atoms with E-state index >= 15 is 0 Å². The highest BCUT2D eigenvalue weighted by molar-refractivity contribution is 5.74. The van der Waals surface area contributed by atoms with Crippen molar-refractivity contribution < 1.29 is 18.7 Å². The van der Waals surface area contributed by atoms with Gasteiger partial charge in [0.15, 0.2) is 5.82 Å². The summed E-state index contributed by atoms with van der Waals surface area (Å²) in [4.78, 5) is 25.3. The van der Waals surface area contributed by atoms with Crippen molar-refractivity contribution in [2.45, 2.75) is 39.2 Å². The van der Waals surface area contributed by atoms with Crippen LogP contribution in [0.3, 0.4) is 0 Å². The second kappa shape index (κ2) is 11.5. The lowest BCUT2D eigenvalue weighted by atomic mass is 9.98. The molecule has 0 aliphatic carbocycles. The van der Waals surface area contributed by atoms with Crippen LogP contribution in [0.15, 0.2) is 67.0 Å². The van der Waals surface area contributed by atoms with Gasteiger partial charge in [-0.15, -0.1) is 0 Å². The average Bonchev–Trinajstić information content (AvgIpc) is 2.85. The molecule has 3 aromatic rings. The molecule has 0 spiro atoms. The van der Waals surface area contributed by atoms with E-state index in [4.69, 9.17) is 14.5 Å². The number of para-hydroxylation sites is 1. The number of anilines is 4. The minimum Gasteiger partial charge on any atom is -0.458 e. The predicted octanol–water partition coefficient (Wildman–Crippen LogP) is 5.66. The van der Waals surface area contributed by atoms with Crippen molar-refractivity contribution in [2.75, 3.05) is 36.1 Å². The summed E-state index contributed by atoms with van der Waals surface area (Å²) in [5.74, 6) is 1.11. The summed E-state index contributed by atoms with van der Waals surface area (Å²) in [6.07, 6.45) is 5.30. The molecule has 0 unspecified atom stereocenters. The molecule has 2 heterocycles. The van der Waals surface area contributed by atoms with Crippen LogP contribution in [-0.2, 0) is 14.3 Å². The Bertz CT molecular complexity index is 1140. The Morgan fingerprint density at radius 3 is 2.47 bits per heavy atom. The summed E-state index contributed by atoms with van der Waals surface area (Å²) in [5, 5.41) is 0. The molecule has 7 nitrogen and oxygen atoms in total. The Kier molecular flexibility index (Phi) is 8.15. The summed E-state index contributed by atoms with van der Waals surface area (Å²) in [7, 11) is 0. The summed E-state index contributed by atoms with van der Waals surface area (Å²) in [6, 6.07) is 16.2. The Morgan fingerprint density at radius 2 is 1.78 bits per heavy atom. The molecule has 0 bridgehead atoms. The molecule has 2 aromatic carbocycles. The summed E-state index contributed by atoms with van der Waals surface area (Å²) < 4.78 is 25.0. The Labute approximate surface area is 211 Å². The van der Waals surface area contributed by atoms with Crippen LogP contribution in [0.1, 0.15) is 33.6 Å². The number of carbonyl (C=O) groups is 1. The molecule has 0 atom stereocenters. The first-order chi connectivity index (χ1) is 17.3. The van der Waals surface area contributed by atoms with Gasteiger partial charge in [-0.3, -0.25) is 9.88 Å². The number of esters is 1. The van der Waals surface area contributed by atoms with Crippen molar-refractivity contribution >= 4 is 29.0 Å². The molecule has 1 aliphatic rings. The van der Waals surface area contributed by atoms with Gasteiger partial charge >= 0.3 is 5.97 Å². The maximum Gasteiger partial charge on any atom is 0.332 e. The van der Waals surface area contributed by atoms with Crippen molar-refractivity contribution in [1.82, 2.24) is 9.97 Å². The third-order valence-corrected chi connectivity index (χ3v) is 5.85. The third-order valence-electron chi connectivity index (χ3n) is 5.85. The van der Waals surface area contributed by atoms with E-state index in [1.54, 1.807) is 18.5 Å². The van der Waals surface area contributed by atoms with Gasteiger partial charge in [0.05, 0.1) is 24.7 Å². The standard InChI is InChI=1S/C28H33FN4O3/c1-28(2,3)36-27(34)20-35-19-21-12-14-32(15-13-21)25-17-30-18-26(31-25)33(23-9-5-4-6-10-23)24-11-7-8-22(29)16-24/h4-11,16-18,21H,12-15,19-20H2,1-3H3. The molecule has 1 saturated heterocycles. The van der Waals surface area contributed by atoms with E-state index in [0.29, 0.717) is 24.0 Å². The molecule has 0 radical (unpaired) electrons. The first kappa shape index (κ1) is 25.6. The fourth-order valence-corrected chi connectivity index (χ4v) is 4.22. The molecule has 36 heavy (non-hydrogen) atoms. The van der Waals surface area contributed by atoms with Gasteiger partial charge in [0, 0.05) is 18.8 Å². The first-order valence-electron chi connectivity index (χ1n) is 12.3. The number of hydrogen-bond donors (Lipinski definition) is 0. The number of nitrogens with zero attached hydrogens (tertiary/aromatic N) is 4. The number of carbonyl (C=O) groups excluding carboxylic acids is 1. The summed E-state index contributed by atoms with van der Waals surface area (Å²) in [6.45, 7) is 7.65. The second-order valence-electron chi connectivity index (χ2n) is 9.92. The average molecular weight is 493 g/mol. The SMILES string of the molecule is CC(C)(C)OC(=O)COCC1CCN(c2cncc(N(c3ccccc3)c3cccc(F)c3)n2)CC1. The van der Waals surface area contributed by atoms with Crippen LogP contribution in [0.4, 0.5) is 27.4 Å². The number of ether oxygens (including phenoxy) is 2. The van der Waals surface area contributed by atoms with Gasteiger partial charge in [-0.2, -0.15) is 0 Å². The van der Waals surface area contributed by atoms with E-state index in [0.717, 1.165) is 37.4 Å². The van der Waals surface area contributed by atoms with E-state index in [-0.39, 0.29) is 18.4 Å². The lowest BCUT2D eigenvalue weighted by molar-refractivity contribution is -0.160. The number of halogens is 1. The van der Waals surface area contributed by atoms with E-state index in [1.165, 1.54) is 12.1 Å². The zero-order valence-corrected chi connectivity index (χ0v) is 21.1. The predicted molar refractivity (Wildman–Crippen MR) is 138 cm³/mol. The van der Waals surface area contributed by atoms with Crippen LogP contribution in [0.2, 0.25) is 0 Å². The number of aromatic nitrogens is 2. The normalized spacial score (nSPS) is 14.5. The highest BCUT2D eigenvalue weighted by Gasteiger charge is 2.23. The Balaban J connectivity index is 1.41. The van der Waals surface area contributed by atoms with Crippen molar-refractivity contribution in [2.24, 2.45) is 5.92 Å². The van der Waals surface area contributed by atoms with Crippen molar-refractivity contribution in [3.8, 4) is 0 Å². The van der Waals surface area contributed by atoms with Gasteiger partial charge in [-0.25, -0.2) is 14.2 Å². The lowest BCUT2D eigenvalue weighted by Gasteiger charge is -2.33. The van der Waals surface area contributed by atoms with Gasteiger partial charge in [0.1, 0.15) is 23.8 Å². The van der Waals surface area contributed by atoms with E-state index in [9.17, 15) is 9.18 Å². The molecule has 8 heteroatoms. The molecule has 1 fully saturated rings. The lowest BCUT2D eigenvalue weighted by Crippen LogP contribution is -2.36. The highest BCUT2D eigenvalue weighted by atomic mass is 19.1. The number of hydrogen-bond acceptors (Lipinski definition) is 7. The van der Waals surface area contributed by atoms with Crippen LogP contribution in [-0.4, -0.2) is 47.8 Å². The van der Waals surface area contributed by atoms with E-state index < -0.39 is 5.60 Å². The smallest absolute Gasteiger partial charge is 0.332 e. The summed E-state index contributed by atoms with van der Waals surface area (Å²) in [5.41, 5.74) is 1.04. The molecule has 4 rings (SSSR count). The quantitative estimate of drug-likeness (QED) is 0.376. The fourth-order valence-electron chi connectivity index (χ4n) is 4.22. The maximum atomic E-state index is 14.1. The van der Waals surface area contributed by atoms with Crippen LogP contribution in [0.25, 0.3) is 0 Å². The molecular weight excluding hydrogens is 459 g/mol. The fraction of sp³-hybridized carbons (Fsp3) is 0.393. The van der Waals surface area contributed by atoms with E-state index in [2.05, 4.69) is 9.88 Å². The van der Waals surface area contributed by atoms with Crippen LogP contribution < -0.4 is 9.80 Å². The number of piperidine rings is 1. The first-order valence-corrected chi connectivity index (χ1v) is 12.3. The Hall–Kier alpha value is -3.52. The van der Waals surface area contributed by atoms with Gasteiger partial charge in [0.2, 0.25) is 0 Å². The minimum atomic E-state index is -0.508. The van der Waals surface area contributed by atoms with Crippen LogP contribution in [0.5, 0.6) is 0 Å². The number of benzene rings is 2. The Morgan fingerprint density at radius 1 is 1.06 bits per heavy atom. The zero-order valence-electron chi connectivity index (χ0n) is 21.1. The minimum absolute atomic E-state index is 0.0274. The van der Waals surface area contributed by atoms with E-state index in [1.807, 2.05) is 62.1 Å². The molecule has 0 saturated carbocycles. The van der Waals surface area contributed by atoms with Gasteiger partial charge in [-0.1, -0.05) is 24.3 Å². The maximum absolute atomic E-state index is 14.1. The molecule has 0 amide bonds. The van der Waals surface area contributed by atoms with Gasteiger partial charge in [-0.05, 0) is 69.9 Å². The molecular formula is C28H33FN4O3. The topological polar surface area (TPSA) is 67.8 Å². The molecule has 190 valence electrons. The summed E-state index contributed by atoms with van der Waals surface area (Å²) >= 11 is 0. The number of rotatable bonds is 8. The van der Waals surface area contributed by atoms with Crippen molar-refractivity contribution in [1.29, 1.82) is 0 Å². The van der Waals surface area contributed by atoms with Crippen LogP contribution >= 0.6 is 0 Å². The largest absolute Gasteiger partial charge is 0.458 e. The van der Waals surface area contributed by atoms with Gasteiger partial charge in [0.25, 0.3) is 0 Å². The molecule has 1 aromatic heterocycles.